The number of benzene rings is 2. The number of nitrogens with one attached hydrogen (secondary N) is 1. The van der Waals surface area contributed by atoms with Crippen molar-refractivity contribution in [2.24, 2.45) is 0 Å². The summed E-state index contributed by atoms with van der Waals surface area (Å²) in [5.41, 5.74) is 1.94. The lowest BCUT2D eigenvalue weighted by molar-refractivity contribution is 0.355. The van der Waals surface area contributed by atoms with Gasteiger partial charge < -0.3 is 14.8 Å². The molecule has 0 aliphatic carbocycles. The Morgan fingerprint density at radius 3 is 2.50 bits per heavy atom. The molecule has 0 bridgehead atoms. The van der Waals surface area contributed by atoms with Crippen molar-refractivity contribution in [3.63, 3.8) is 0 Å². The van der Waals surface area contributed by atoms with Gasteiger partial charge in [0.2, 0.25) is 0 Å². The molecular formula is C15H15Cl2NO2. The van der Waals surface area contributed by atoms with Crippen molar-refractivity contribution >= 4 is 28.9 Å². The van der Waals surface area contributed by atoms with Crippen LogP contribution in [0, 0.1) is 0 Å². The van der Waals surface area contributed by atoms with Gasteiger partial charge in [0.25, 0.3) is 0 Å². The monoisotopic (exact) mass is 311 g/mol. The molecule has 0 atom stereocenters. The molecule has 0 saturated carbocycles. The summed E-state index contributed by atoms with van der Waals surface area (Å²) in [7, 11) is 3.15. The number of hydrogen-bond donors (Lipinski definition) is 1. The number of rotatable bonds is 5. The van der Waals surface area contributed by atoms with Crippen LogP contribution in [0.1, 0.15) is 5.56 Å². The summed E-state index contributed by atoms with van der Waals surface area (Å²) in [4.78, 5) is 0. The Balaban J connectivity index is 2.16. The predicted molar refractivity (Wildman–Crippen MR) is 83.3 cm³/mol. The van der Waals surface area contributed by atoms with Gasteiger partial charge in [0.05, 0.1) is 19.2 Å². The first-order valence-electron chi connectivity index (χ1n) is 6.04. The fraction of sp³-hybridized carbons (Fsp3) is 0.200. The van der Waals surface area contributed by atoms with Crippen molar-refractivity contribution in [3.8, 4) is 11.5 Å². The second-order valence-corrected chi connectivity index (χ2v) is 5.02. The maximum Gasteiger partial charge on any atom is 0.179 e. The van der Waals surface area contributed by atoms with Gasteiger partial charge in [0.1, 0.15) is 0 Å². The summed E-state index contributed by atoms with van der Waals surface area (Å²) in [6.07, 6.45) is 0. The Bertz CT molecular complexity index is 602. The van der Waals surface area contributed by atoms with Gasteiger partial charge in [-0.3, -0.25) is 0 Å². The van der Waals surface area contributed by atoms with E-state index in [2.05, 4.69) is 5.32 Å². The van der Waals surface area contributed by atoms with E-state index in [9.17, 15) is 0 Å². The molecule has 0 radical (unpaired) electrons. The summed E-state index contributed by atoms with van der Waals surface area (Å²) in [6, 6.07) is 11.3. The van der Waals surface area contributed by atoms with Gasteiger partial charge in [-0.25, -0.2) is 0 Å². The molecule has 0 heterocycles. The van der Waals surface area contributed by atoms with Gasteiger partial charge in [-0.15, -0.1) is 0 Å². The number of methoxy groups -OCH3 is 2. The molecule has 2 rings (SSSR count). The van der Waals surface area contributed by atoms with Crippen LogP contribution in [0.5, 0.6) is 11.5 Å². The number of ether oxygens (including phenoxy) is 2. The summed E-state index contributed by atoms with van der Waals surface area (Å²) in [5, 5.41) is 4.50. The molecule has 2 aromatic rings. The van der Waals surface area contributed by atoms with E-state index < -0.39 is 0 Å². The van der Waals surface area contributed by atoms with Crippen molar-refractivity contribution in [2.75, 3.05) is 19.5 Å². The van der Waals surface area contributed by atoms with Crippen LogP contribution in [0.4, 0.5) is 5.69 Å². The molecule has 106 valence electrons. The smallest absolute Gasteiger partial charge is 0.179 e. The van der Waals surface area contributed by atoms with Crippen LogP contribution in [0.3, 0.4) is 0 Å². The second kappa shape index (κ2) is 6.73. The third-order valence-corrected chi connectivity index (χ3v) is 3.33. The average molecular weight is 312 g/mol. The van der Waals surface area contributed by atoms with Gasteiger partial charge in [-0.05, 0) is 35.9 Å². The first-order valence-corrected chi connectivity index (χ1v) is 6.79. The third-order valence-electron chi connectivity index (χ3n) is 2.81. The normalized spacial score (nSPS) is 10.2. The quantitative estimate of drug-likeness (QED) is 0.873. The standard InChI is InChI=1S/C15H15Cl2NO2/c1-19-14-7-10(6-13(17)15(14)20-2)9-18-12-5-3-4-11(16)8-12/h3-8,18H,9H2,1-2H3. The van der Waals surface area contributed by atoms with E-state index in [0.717, 1.165) is 11.3 Å². The van der Waals surface area contributed by atoms with Crippen LogP contribution in [0.15, 0.2) is 36.4 Å². The molecule has 0 fully saturated rings. The molecule has 0 unspecified atom stereocenters. The summed E-state index contributed by atoms with van der Waals surface area (Å²) < 4.78 is 10.5. The molecule has 0 spiro atoms. The Kier molecular flexibility index (Phi) is 4.99. The maximum atomic E-state index is 6.17. The maximum absolute atomic E-state index is 6.17. The molecule has 3 nitrogen and oxygen atoms in total. The van der Waals surface area contributed by atoms with Crippen LogP contribution in [0.2, 0.25) is 10.0 Å². The summed E-state index contributed by atoms with van der Waals surface area (Å²) in [5.74, 6) is 1.16. The van der Waals surface area contributed by atoms with E-state index >= 15 is 0 Å². The van der Waals surface area contributed by atoms with Crippen LogP contribution in [0.25, 0.3) is 0 Å². The molecule has 0 aliphatic heterocycles. The van der Waals surface area contributed by atoms with Gasteiger partial charge >= 0.3 is 0 Å². The average Bonchev–Trinajstić information content (AvgIpc) is 2.44. The predicted octanol–water partition coefficient (Wildman–Crippen LogP) is 4.62. The van der Waals surface area contributed by atoms with Crippen molar-refractivity contribution < 1.29 is 9.47 Å². The first-order chi connectivity index (χ1) is 9.63. The lowest BCUT2D eigenvalue weighted by atomic mass is 10.2. The van der Waals surface area contributed by atoms with Crippen molar-refractivity contribution in [1.82, 2.24) is 0 Å². The zero-order valence-electron chi connectivity index (χ0n) is 11.2. The lowest BCUT2D eigenvalue weighted by Gasteiger charge is -2.13. The van der Waals surface area contributed by atoms with Crippen molar-refractivity contribution in [3.05, 3.63) is 52.0 Å². The van der Waals surface area contributed by atoms with Gasteiger partial charge in [-0.2, -0.15) is 0 Å². The molecule has 0 amide bonds. The zero-order valence-corrected chi connectivity index (χ0v) is 12.8. The summed E-state index contributed by atoms with van der Waals surface area (Å²) >= 11 is 12.1. The van der Waals surface area contributed by atoms with Crippen LogP contribution in [-0.2, 0) is 6.54 Å². The fourth-order valence-electron chi connectivity index (χ4n) is 1.88. The van der Waals surface area contributed by atoms with Crippen LogP contribution in [-0.4, -0.2) is 14.2 Å². The highest BCUT2D eigenvalue weighted by Crippen LogP contribution is 2.36. The molecule has 20 heavy (non-hydrogen) atoms. The Morgan fingerprint density at radius 2 is 1.85 bits per heavy atom. The SMILES string of the molecule is COc1cc(CNc2cccc(Cl)c2)cc(Cl)c1OC. The molecule has 0 aromatic heterocycles. The van der Waals surface area contributed by atoms with Gasteiger partial charge in [0, 0.05) is 17.3 Å². The van der Waals surface area contributed by atoms with Crippen LogP contribution >= 0.6 is 23.2 Å². The minimum Gasteiger partial charge on any atom is -0.493 e. The van der Waals surface area contributed by atoms with E-state index in [1.54, 1.807) is 14.2 Å². The largest absolute Gasteiger partial charge is 0.493 e. The number of anilines is 1. The van der Waals surface area contributed by atoms with E-state index in [0.29, 0.717) is 28.1 Å². The molecule has 0 aliphatic rings. The minimum atomic E-state index is 0.523. The fourth-order valence-corrected chi connectivity index (χ4v) is 2.38. The van der Waals surface area contributed by atoms with E-state index in [-0.39, 0.29) is 0 Å². The van der Waals surface area contributed by atoms with Gasteiger partial charge in [-0.1, -0.05) is 29.3 Å². The topological polar surface area (TPSA) is 30.5 Å². The Hall–Kier alpha value is -1.58. The Morgan fingerprint density at radius 1 is 1.05 bits per heavy atom. The van der Waals surface area contributed by atoms with Gasteiger partial charge in [0.15, 0.2) is 11.5 Å². The van der Waals surface area contributed by atoms with Crippen LogP contribution < -0.4 is 14.8 Å². The molecule has 0 saturated heterocycles. The second-order valence-electron chi connectivity index (χ2n) is 4.18. The van der Waals surface area contributed by atoms with E-state index in [1.165, 1.54) is 0 Å². The third kappa shape index (κ3) is 3.50. The van der Waals surface area contributed by atoms with E-state index in [1.807, 2.05) is 36.4 Å². The summed E-state index contributed by atoms with van der Waals surface area (Å²) in [6.45, 7) is 0.612. The highest BCUT2D eigenvalue weighted by molar-refractivity contribution is 6.32. The number of halogens is 2. The minimum absolute atomic E-state index is 0.523. The first kappa shape index (κ1) is 14.8. The highest BCUT2D eigenvalue weighted by Gasteiger charge is 2.10. The molecule has 5 heteroatoms. The van der Waals surface area contributed by atoms with E-state index in [4.69, 9.17) is 32.7 Å². The molecular weight excluding hydrogens is 297 g/mol. The molecule has 2 aromatic carbocycles. The highest BCUT2D eigenvalue weighted by atomic mass is 35.5. The number of hydrogen-bond acceptors (Lipinski definition) is 3. The Labute approximate surface area is 128 Å². The zero-order chi connectivity index (χ0) is 14.5. The lowest BCUT2D eigenvalue weighted by Crippen LogP contribution is -2.01. The van der Waals surface area contributed by atoms with Crippen molar-refractivity contribution in [2.45, 2.75) is 6.54 Å². The molecule has 1 N–H and O–H groups in total. The van der Waals surface area contributed by atoms with Crippen molar-refractivity contribution in [1.29, 1.82) is 0 Å².